The molecule has 3 nitrogen and oxygen atoms in total. The Morgan fingerprint density at radius 1 is 1.42 bits per heavy atom. The fourth-order valence-electron chi connectivity index (χ4n) is 0.670. The van der Waals surface area contributed by atoms with Crippen molar-refractivity contribution in [3.63, 3.8) is 0 Å². The Balaban J connectivity index is 2.71. The SMILES string of the molecule is O=P(O)(CCl)Oc1ccccc1. The molecule has 0 aromatic heterocycles. The van der Waals surface area contributed by atoms with Crippen LogP contribution in [0.2, 0.25) is 0 Å². The molecule has 1 unspecified atom stereocenters. The van der Waals surface area contributed by atoms with E-state index in [0.29, 0.717) is 5.75 Å². The van der Waals surface area contributed by atoms with Gasteiger partial charge in [-0.25, -0.2) is 4.57 Å². The molecule has 0 fully saturated rings. The van der Waals surface area contributed by atoms with Gasteiger partial charge in [0.05, 0.1) is 0 Å². The van der Waals surface area contributed by atoms with Crippen LogP contribution in [-0.4, -0.2) is 10.5 Å². The van der Waals surface area contributed by atoms with Gasteiger partial charge in [-0.15, -0.1) is 11.6 Å². The Labute approximate surface area is 75.5 Å². The molecular formula is C7H8ClO3P. The monoisotopic (exact) mass is 206 g/mol. The predicted octanol–water partition coefficient (Wildman–Crippen LogP) is 2.45. The van der Waals surface area contributed by atoms with Crippen LogP contribution >= 0.6 is 19.2 Å². The van der Waals surface area contributed by atoms with E-state index in [9.17, 15) is 4.57 Å². The summed E-state index contributed by atoms with van der Waals surface area (Å²) in [5.41, 5.74) is -0.401. The molecule has 0 saturated heterocycles. The highest BCUT2D eigenvalue weighted by molar-refractivity contribution is 7.55. The van der Waals surface area contributed by atoms with Crippen LogP contribution in [0.5, 0.6) is 5.75 Å². The average Bonchev–Trinajstić information content (AvgIpc) is 2.06. The maximum atomic E-state index is 11.0. The average molecular weight is 207 g/mol. The van der Waals surface area contributed by atoms with Gasteiger partial charge in [-0.05, 0) is 12.1 Å². The number of benzene rings is 1. The van der Waals surface area contributed by atoms with Crippen LogP contribution < -0.4 is 4.52 Å². The van der Waals surface area contributed by atoms with E-state index in [1.54, 1.807) is 30.3 Å². The van der Waals surface area contributed by atoms with Gasteiger partial charge < -0.3 is 9.42 Å². The molecule has 0 aliphatic rings. The van der Waals surface area contributed by atoms with E-state index in [1.807, 2.05) is 0 Å². The minimum atomic E-state index is -3.63. The Morgan fingerprint density at radius 2 is 2.00 bits per heavy atom. The first-order valence-electron chi connectivity index (χ1n) is 3.26. The summed E-state index contributed by atoms with van der Waals surface area (Å²) in [6, 6.07) is 8.40. The number of alkyl halides is 1. The minimum absolute atomic E-state index is 0.351. The molecule has 0 saturated carbocycles. The molecule has 1 aromatic carbocycles. The van der Waals surface area contributed by atoms with Crippen molar-refractivity contribution >= 4 is 19.2 Å². The van der Waals surface area contributed by atoms with Gasteiger partial charge in [-0.1, -0.05) is 18.2 Å². The Bertz CT molecular complexity index is 288. The lowest BCUT2D eigenvalue weighted by molar-refractivity contribution is 0.385. The molecular weight excluding hydrogens is 199 g/mol. The van der Waals surface area contributed by atoms with Crippen LogP contribution in [0.1, 0.15) is 0 Å². The van der Waals surface area contributed by atoms with Crippen LogP contribution in [0.15, 0.2) is 30.3 Å². The predicted molar refractivity (Wildman–Crippen MR) is 47.6 cm³/mol. The van der Waals surface area contributed by atoms with Gasteiger partial charge in [-0.3, -0.25) is 0 Å². The summed E-state index contributed by atoms with van der Waals surface area (Å²) in [6.07, 6.45) is 0. The summed E-state index contributed by atoms with van der Waals surface area (Å²) >= 11 is 5.20. The molecule has 0 spiro atoms. The molecule has 0 aliphatic carbocycles. The molecule has 0 amide bonds. The quantitative estimate of drug-likeness (QED) is 0.610. The standard InChI is InChI=1S/C7H8ClO3P/c8-6-12(9,10)11-7-4-2-1-3-5-7/h1-5H,6H2,(H,9,10). The summed E-state index contributed by atoms with van der Waals surface area (Å²) in [5, 5.41) is 0. The Kier molecular flexibility index (Phi) is 3.15. The highest BCUT2D eigenvalue weighted by atomic mass is 35.5. The molecule has 1 aromatic rings. The van der Waals surface area contributed by atoms with Gasteiger partial charge in [0.2, 0.25) is 0 Å². The molecule has 66 valence electrons. The van der Waals surface area contributed by atoms with Crippen molar-refractivity contribution in [2.75, 3.05) is 5.62 Å². The normalized spacial score (nSPS) is 15.2. The smallest absolute Gasteiger partial charge is 0.391 e. The molecule has 1 N–H and O–H groups in total. The molecule has 12 heavy (non-hydrogen) atoms. The molecule has 1 rings (SSSR count). The van der Waals surface area contributed by atoms with E-state index < -0.39 is 13.2 Å². The summed E-state index contributed by atoms with van der Waals surface area (Å²) in [7, 11) is -3.63. The molecule has 5 heteroatoms. The van der Waals surface area contributed by atoms with Gasteiger partial charge >= 0.3 is 7.60 Å². The lowest BCUT2D eigenvalue weighted by Crippen LogP contribution is -1.91. The molecule has 1 atom stereocenters. The van der Waals surface area contributed by atoms with Crippen molar-refractivity contribution in [1.82, 2.24) is 0 Å². The van der Waals surface area contributed by atoms with Crippen molar-refractivity contribution < 1.29 is 14.0 Å². The number of hydrogen-bond donors (Lipinski definition) is 1. The van der Waals surface area contributed by atoms with Gasteiger partial charge in [0.1, 0.15) is 11.4 Å². The third kappa shape index (κ3) is 2.86. The topological polar surface area (TPSA) is 46.5 Å². The highest BCUT2D eigenvalue weighted by Crippen LogP contribution is 2.43. The number of para-hydroxylation sites is 1. The number of hydrogen-bond acceptors (Lipinski definition) is 2. The van der Waals surface area contributed by atoms with Gasteiger partial charge in [0.25, 0.3) is 0 Å². The van der Waals surface area contributed by atoms with Crippen molar-refractivity contribution in [1.29, 1.82) is 0 Å². The maximum absolute atomic E-state index is 11.0. The first-order chi connectivity index (χ1) is 5.64. The largest absolute Gasteiger partial charge is 0.424 e. The second-order valence-electron chi connectivity index (χ2n) is 2.16. The summed E-state index contributed by atoms with van der Waals surface area (Å²) in [5.74, 6) is 0.351. The second kappa shape index (κ2) is 3.94. The summed E-state index contributed by atoms with van der Waals surface area (Å²) in [4.78, 5) is 8.98. The molecule has 0 bridgehead atoms. The zero-order chi connectivity index (χ0) is 9.03. The van der Waals surface area contributed by atoms with Crippen LogP contribution in [0, 0.1) is 0 Å². The molecule has 0 radical (unpaired) electrons. The van der Waals surface area contributed by atoms with E-state index in [0.717, 1.165) is 0 Å². The number of halogens is 1. The van der Waals surface area contributed by atoms with E-state index in [-0.39, 0.29) is 0 Å². The van der Waals surface area contributed by atoms with Gasteiger partial charge in [-0.2, -0.15) is 0 Å². The van der Waals surface area contributed by atoms with Gasteiger partial charge in [0.15, 0.2) is 0 Å². The van der Waals surface area contributed by atoms with E-state index in [4.69, 9.17) is 21.0 Å². The molecule has 0 heterocycles. The van der Waals surface area contributed by atoms with Crippen LogP contribution in [0.3, 0.4) is 0 Å². The molecule has 0 aliphatic heterocycles. The Hall–Kier alpha value is -0.500. The lowest BCUT2D eigenvalue weighted by Gasteiger charge is -2.09. The first-order valence-corrected chi connectivity index (χ1v) is 5.56. The lowest BCUT2D eigenvalue weighted by atomic mass is 10.3. The summed E-state index contributed by atoms with van der Waals surface area (Å²) in [6.45, 7) is 0. The van der Waals surface area contributed by atoms with Crippen LogP contribution in [-0.2, 0) is 4.57 Å². The Morgan fingerprint density at radius 3 is 2.50 bits per heavy atom. The maximum Gasteiger partial charge on any atom is 0.391 e. The third-order valence-electron chi connectivity index (χ3n) is 1.14. The third-order valence-corrected chi connectivity index (χ3v) is 2.85. The fraction of sp³-hybridized carbons (Fsp3) is 0.143. The van der Waals surface area contributed by atoms with Crippen molar-refractivity contribution in [3.8, 4) is 5.75 Å². The van der Waals surface area contributed by atoms with E-state index in [2.05, 4.69) is 0 Å². The first kappa shape index (κ1) is 9.59. The van der Waals surface area contributed by atoms with E-state index >= 15 is 0 Å². The van der Waals surface area contributed by atoms with Crippen LogP contribution in [0.25, 0.3) is 0 Å². The van der Waals surface area contributed by atoms with Crippen molar-refractivity contribution in [3.05, 3.63) is 30.3 Å². The van der Waals surface area contributed by atoms with Gasteiger partial charge in [0, 0.05) is 0 Å². The number of rotatable bonds is 3. The minimum Gasteiger partial charge on any atom is -0.424 e. The second-order valence-corrected chi connectivity index (χ2v) is 4.57. The summed E-state index contributed by atoms with van der Waals surface area (Å²) < 4.78 is 15.7. The van der Waals surface area contributed by atoms with Crippen LogP contribution in [0.4, 0.5) is 0 Å². The highest BCUT2D eigenvalue weighted by Gasteiger charge is 2.18. The van der Waals surface area contributed by atoms with Crippen molar-refractivity contribution in [2.45, 2.75) is 0 Å². The zero-order valence-corrected chi connectivity index (χ0v) is 7.83. The van der Waals surface area contributed by atoms with E-state index in [1.165, 1.54) is 0 Å². The fourth-order valence-corrected chi connectivity index (χ4v) is 1.32. The zero-order valence-electron chi connectivity index (χ0n) is 6.18. The van der Waals surface area contributed by atoms with Crippen molar-refractivity contribution in [2.24, 2.45) is 0 Å².